The second kappa shape index (κ2) is 9.07. The highest BCUT2D eigenvalue weighted by Crippen LogP contribution is 2.25. The van der Waals surface area contributed by atoms with Gasteiger partial charge in [-0.1, -0.05) is 31.5 Å². The van der Waals surface area contributed by atoms with Crippen LogP contribution in [0.25, 0.3) is 0 Å². The van der Waals surface area contributed by atoms with Gasteiger partial charge in [-0.2, -0.15) is 16.1 Å². The van der Waals surface area contributed by atoms with E-state index in [1.165, 1.54) is 28.2 Å². The van der Waals surface area contributed by atoms with Crippen molar-refractivity contribution in [2.45, 2.75) is 44.2 Å². The summed E-state index contributed by atoms with van der Waals surface area (Å²) in [6.45, 7) is 5.81. The Hall–Kier alpha value is -1.58. The van der Waals surface area contributed by atoms with Gasteiger partial charge in [0.15, 0.2) is 0 Å². The molecule has 2 rings (SSSR count). The fourth-order valence-electron chi connectivity index (χ4n) is 2.89. The Bertz CT molecular complexity index is 777. The summed E-state index contributed by atoms with van der Waals surface area (Å²) in [6.07, 6.45) is 0.283. The van der Waals surface area contributed by atoms with Crippen molar-refractivity contribution in [3.63, 3.8) is 0 Å². The van der Waals surface area contributed by atoms with Gasteiger partial charge in [-0.15, -0.1) is 0 Å². The summed E-state index contributed by atoms with van der Waals surface area (Å²) in [7, 11) is -3.84. The number of benzene rings is 1. The summed E-state index contributed by atoms with van der Waals surface area (Å²) in [5.74, 6) is -0.715. The highest BCUT2D eigenvalue weighted by atomic mass is 32.2. The van der Waals surface area contributed by atoms with Crippen molar-refractivity contribution in [1.29, 1.82) is 0 Å². The van der Waals surface area contributed by atoms with Crippen LogP contribution in [0.5, 0.6) is 0 Å². The normalized spacial score (nSPS) is 19.6. The summed E-state index contributed by atoms with van der Waals surface area (Å²) < 4.78 is 27.3. The van der Waals surface area contributed by atoms with Crippen molar-refractivity contribution in [2.75, 3.05) is 18.1 Å². The molecule has 2 N–H and O–H groups in total. The SMILES string of the molecule is Cc1ccc(S(=O)(=O)N2CCSC[C@H]2C(=O)N[C@H](CC(C)C)C(=O)O)cc1. The topological polar surface area (TPSA) is 104 Å². The number of carboxylic acid groups (broad SMARTS) is 1. The number of nitrogens with zero attached hydrogens (tertiary/aromatic N) is 1. The zero-order valence-corrected chi connectivity index (χ0v) is 17.3. The summed E-state index contributed by atoms with van der Waals surface area (Å²) in [4.78, 5) is 24.3. The van der Waals surface area contributed by atoms with Crippen LogP contribution in [0.15, 0.2) is 29.2 Å². The molecule has 0 aliphatic carbocycles. The van der Waals surface area contributed by atoms with Crippen molar-refractivity contribution in [3.05, 3.63) is 29.8 Å². The number of hydrogen-bond donors (Lipinski definition) is 2. The zero-order valence-electron chi connectivity index (χ0n) is 15.7. The highest BCUT2D eigenvalue weighted by Gasteiger charge is 2.39. The predicted octanol–water partition coefficient (Wildman–Crippen LogP) is 1.72. The van der Waals surface area contributed by atoms with Gasteiger partial charge in [0.05, 0.1) is 4.90 Å². The van der Waals surface area contributed by atoms with E-state index in [1.807, 2.05) is 20.8 Å². The molecule has 1 amide bonds. The minimum atomic E-state index is -3.84. The molecule has 1 aliphatic rings. The van der Waals surface area contributed by atoms with Gasteiger partial charge in [0, 0.05) is 18.1 Å². The number of sulfonamides is 1. The number of hydrogen-bond acceptors (Lipinski definition) is 5. The van der Waals surface area contributed by atoms with Gasteiger partial charge in [-0.25, -0.2) is 13.2 Å². The van der Waals surface area contributed by atoms with Crippen molar-refractivity contribution in [2.24, 2.45) is 5.92 Å². The third kappa shape index (κ3) is 5.46. The molecule has 2 atom stereocenters. The Morgan fingerprint density at radius 1 is 1.30 bits per heavy atom. The third-order valence-electron chi connectivity index (χ3n) is 4.33. The molecule has 150 valence electrons. The van der Waals surface area contributed by atoms with Gasteiger partial charge < -0.3 is 10.4 Å². The molecule has 1 aromatic carbocycles. The first kappa shape index (κ1) is 21.7. The van der Waals surface area contributed by atoms with E-state index in [9.17, 15) is 23.1 Å². The minimum Gasteiger partial charge on any atom is -0.480 e. The van der Waals surface area contributed by atoms with Crippen molar-refractivity contribution in [1.82, 2.24) is 9.62 Å². The molecule has 0 bridgehead atoms. The quantitative estimate of drug-likeness (QED) is 0.704. The number of carbonyl (C=O) groups excluding carboxylic acids is 1. The molecule has 1 heterocycles. The lowest BCUT2D eigenvalue weighted by molar-refractivity contribution is -0.142. The Morgan fingerprint density at radius 3 is 2.48 bits per heavy atom. The molecule has 0 saturated carbocycles. The summed E-state index contributed by atoms with van der Waals surface area (Å²) >= 11 is 1.48. The smallest absolute Gasteiger partial charge is 0.326 e. The van der Waals surface area contributed by atoms with Crippen molar-refractivity contribution >= 4 is 33.7 Å². The van der Waals surface area contributed by atoms with E-state index in [0.29, 0.717) is 11.5 Å². The fourth-order valence-corrected chi connectivity index (χ4v) is 5.73. The van der Waals surface area contributed by atoms with E-state index >= 15 is 0 Å². The van der Waals surface area contributed by atoms with E-state index < -0.39 is 34.0 Å². The zero-order chi connectivity index (χ0) is 20.2. The first-order valence-corrected chi connectivity index (χ1v) is 11.4. The molecule has 1 aliphatic heterocycles. The molecule has 1 fully saturated rings. The first-order chi connectivity index (χ1) is 12.6. The Balaban J connectivity index is 2.24. The van der Waals surface area contributed by atoms with Gasteiger partial charge in [-0.05, 0) is 31.4 Å². The number of carboxylic acids is 1. The van der Waals surface area contributed by atoms with E-state index in [4.69, 9.17) is 0 Å². The van der Waals surface area contributed by atoms with Crippen LogP contribution in [-0.2, 0) is 19.6 Å². The standard InChI is InChI=1S/C18H26N2O5S2/c1-12(2)10-15(18(22)23)19-17(21)16-11-26-9-8-20(16)27(24,25)14-6-4-13(3)5-7-14/h4-7,12,15-16H,8-11H2,1-3H3,(H,19,21)(H,22,23)/t15-,16+/m1/s1. The van der Waals surface area contributed by atoms with E-state index in [0.717, 1.165) is 5.56 Å². The van der Waals surface area contributed by atoms with E-state index in [2.05, 4.69) is 5.32 Å². The highest BCUT2D eigenvalue weighted by molar-refractivity contribution is 7.99. The minimum absolute atomic E-state index is 0.0829. The first-order valence-electron chi connectivity index (χ1n) is 8.82. The molecule has 0 aromatic heterocycles. The van der Waals surface area contributed by atoms with Gasteiger partial charge in [0.25, 0.3) is 0 Å². The third-order valence-corrected chi connectivity index (χ3v) is 7.28. The lowest BCUT2D eigenvalue weighted by atomic mass is 10.0. The summed E-state index contributed by atoms with van der Waals surface area (Å²) in [6, 6.07) is 4.52. The molecular weight excluding hydrogens is 388 g/mol. The number of nitrogens with one attached hydrogen (secondary N) is 1. The van der Waals surface area contributed by atoms with Crippen LogP contribution in [-0.4, -0.2) is 59.8 Å². The maximum atomic E-state index is 13.0. The molecule has 0 radical (unpaired) electrons. The van der Waals surface area contributed by atoms with E-state index in [-0.39, 0.29) is 23.8 Å². The van der Waals surface area contributed by atoms with Crippen LogP contribution in [0, 0.1) is 12.8 Å². The molecule has 0 spiro atoms. The van der Waals surface area contributed by atoms with Crippen LogP contribution < -0.4 is 5.32 Å². The number of amides is 1. The van der Waals surface area contributed by atoms with Crippen LogP contribution in [0.3, 0.4) is 0 Å². The maximum Gasteiger partial charge on any atom is 0.326 e. The molecule has 0 unspecified atom stereocenters. The van der Waals surface area contributed by atoms with Gasteiger partial charge in [0.2, 0.25) is 15.9 Å². The van der Waals surface area contributed by atoms with Gasteiger partial charge in [0.1, 0.15) is 12.1 Å². The predicted molar refractivity (Wildman–Crippen MR) is 105 cm³/mol. The molecule has 27 heavy (non-hydrogen) atoms. The number of thioether (sulfide) groups is 1. The average Bonchev–Trinajstić information content (AvgIpc) is 2.61. The van der Waals surface area contributed by atoms with Gasteiger partial charge >= 0.3 is 5.97 Å². The second-order valence-electron chi connectivity index (χ2n) is 7.05. The van der Waals surface area contributed by atoms with Crippen LogP contribution in [0.1, 0.15) is 25.8 Å². The van der Waals surface area contributed by atoms with Crippen LogP contribution in [0.4, 0.5) is 0 Å². The number of aliphatic carboxylic acids is 1. The number of carbonyl (C=O) groups is 2. The molecule has 9 heteroatoms. The van der Waals surface area contributed by atoms with Crippen molar-refractivity contribution in [3.8, 4) is 0 Å². The second-order valence-corrected chi connectivity index (χ2v) is 10.1. The lowest BCUT2D eigenvalue weighted by Gasteiger charge is -2.34. The lowest BCUT2D eigenvalue weighted by Crippen LogP contribution is -2.56. The fraction of sp³-hybridized carbons (Fsp3) is 0.556. The summed E-state index contributed by atoms with van der Waals surface area (Å²) in [5, 5.41) is 11.9. The molecular formula is C18H26N2O5S2. The Labute approximate surface area is 164 Å². The Morgan fingerprint density at radius 2 is 1.93 bits per heavy atom. The number of rotatable bonds is 7. The molecule has 7 nitrogen and oxygen atoms in total. The largest absolute Gasteiger partial charge is 0.480 e. The number of aryl methyl sites for hydroxylation is 1. The monoisotopic (exact) mass is 414 g/mol. The van der Waals surface area contributed by atoms with Gasteiger partial charge in [-0.3, -0.25) is 4.79 Å². The molecule has 1 saturated heterocycles. The molecule has 1 aromatic rings. The maximum absolute atomic E-state index is 13.0. The Kier molecular flexibility index (Phi) is 7.30. The van der Waals surface area contributed by atoms with E-state index in [1.54, 1.807) is 12.1 Å². The summed E-state index contributed by atoms with van der Waals surface area (Å²) in [5.41, 5.74) is 0.940. The van der Waals surface area contributed by atoms with Crippen LogP contribution in [0.2, 0.25) is 0 Å². The van der Waals surface area contributed by atoms with Crippen molar-refractivity contribution < 1.29 is 23.1 Å². The van der Waals surface area contributed by atoms with Crippen LogP contribution >= 0.6 is 11.8 Å². The average molecular weight is 415 g/mol.